The lowest BCUT2D eigenvalue weighted by atomic mass is 10.3. The normalized spacial score (nSPS) is 15.0. The van der Waals surface area contributed by atoms with Crippen LogP contribution in [-0.2, 0) is 14.3 Å². The number of cyclic esters (lactones) is 2. The summed E-state index contributed by atoms with van der Waals surface area (Å²) in [5.74, 6) is -0.891. The minimum absolute atomic E-state index is 0.101. The van der Waals surface area contributed by atoms with Gasteiger partial charge in [-0.25, -0.2) is 4.79 Å². The van der Waals surface area contributed by atoms with E-state index >= 15 is 0 Å². The van der Waals surface area contributed by atoms with Crippen LogP contribution in [-0.4, -0.2) is 23.4 Å². The Morgan fingerprint density at radius 3 is 1.77 bits per heavy atom. The number of benzene rings is 2. The van der Waals surface area contributed by atoms with Gasteiger partial charge in [0.05, 0.1) is 11.7 Å². The largest absolute Gasteiger partial charge is 0.389 e. The Hall–Kier alpha value is -2.12. The lowest BCUT2D eigenvalue weighted by molar-refractivity contribution is -0.150. The molecule has 22 heavy (non-hydrogen) atoms. The molecule has 0 spiro atoms. The van der Waals surface area contributed by atoms with Crippen molar-refractivity contribution < 1.29 is 14.3 Å². The van der Waals surface area contributed by atoms with Crippen LogP contribution in [0.15, 0.2) is 60.7 Å². The Kier molecular flexibility index (Phi) is 4.00. The van der Waals surface area contributed by atoms with Crippen molar-refractivity contribution in [1.29, 1.82) is 0 Å². The van der Waals surface area contributed by atoms with E-state index in [1.54, 1.807) is 0 Å². The van der Waals surface area contributed by atoms with E-state index in [1.165, 1.54) is 0 Å². The average Bonchev–Trinajstić information content (AvgIpc) is 2.90. The maximum atomic E-state index is 12.3. The molecule has 0 unspecified atom stereocenters. The first-order chi connectivity index (χ1) is 10.7. The molecule has 0 aromatic heterocycles. The van der Waals surface area contributed by atoms with Crippen molar-refractivity contribution in [3.63, 3.8) is 0 Å². The summed E-state index contributed by atoms with van der Waals surface area (Å²) in [7, 11) is 0. The summed E-state index contributed by atoms with van der Waals surface area (Å²) < 4.78 is 4.84. The summed E-state index contributed by atoms with van der Waals surface area (Å²) in [6, 6.07) is 20.0. The molecule has 0 radical (unpaired) electrons. The van der Waals surface area contributed by atoms with Gasteiger partial charge in [-0.1, -0.05) is 67.6 Å². The molecular weight excluding hydrogens is 295 g/mol. The van der Waals surface area contributed by atoms with Crippen molar-refractivity contribution in [3.05, 3.63) is 60.7 Å². The zero-order chi connectivity index (χ0) is 15.6. The van der Waals surface area contributed by atoms with Gasteiger partial charge in [-0.2, -0.15) is 0 Å². The minimum atomic E-state index is -2.10. The second kappa shape index (κ2) is 5.94. The summed E-state index contributed by atoms with van der Waals surface area (Å²) in [5, 5.41) is 2.87. The van der Waals surface area contributed by atoms with Gasteiger partial charge in [0.1, 0.15) is 0 Å². The standard InChI is InChI=1S/C18H17O3P/c1-2-22(14-9-5-3-6-10-14,15-11-7-4-8-12-15)16-13-17(19)21-18(16)20/h3-12H,2,13H2,1H3. The highest BCUT2D eigenvalue weighted by atomic mass is 31.2. The topological polar surface area (TPSA) is 43.4 Å². The Balaban J connectivity index is 2.39. The summed E-state index contributed by atoms with van der Waals surface area (Å²) in [6.45, 7) is -0.0214. The molecule has 0 atom stereocenters. The number of rotatable bonds is 3. The molecule has 0 bridgehead atoms. The van der Waals surface area contributed by atoms with Crippen molar-refractivity contribution in [2.45, 2.75) is 13.3 Å². The first kappa shape index (κ1) is 14.8. The Bertz CT molecular complexity index is 720. The predicted octanol–water partition coefficient (Wildman–Crippen LogP) is 2.32. The van der Waals surface area contributed by atoms with E-state index in [2.05, 4.69) is 6.92 Å². The molecular formula is C18H17O3P. The fourth-order valence-corrected chi connectivity index (χ4v) is 7.23. The average molecular weight is 312 g/mol. The first-order valence-corrected chi connectivity index (χ1v) is 9.26. The third kappa shape index (κ3) is 2.32. The maximum absolute atomic E-state index is 12.3. The van der Waals surface area contributed by atoms with Crippen LogP contribution in [0.4, 0.5) is 0 Å². The maximum Gasteiger partial charge on any atom is 0.343 e. The van der Waals surface area contributed by atoms with Crippen LogP contribution in [0.3, 0.4) is 0 Å². The molecule has 1 aliphatic heterocycles. The fraction of sp³-hybridized carbons (Fsp3) is 0.167. The van der Waals surface area contributed by atoms with E-state index in [0.29, 0.717) is 5.29 Å². The molecule has 1 saturated heterocycles. The van der Waals surface area contributed by atoms with Crippen molar-refractivity contribution >= 4 is 34.7 Å². The molecule has 3 nitrogen and oxygen atoms in total. The van der Waals surface area contributed by atoms with E-state index in [1.807, 2.05) is 60.7 Å². The van der Waals surface area contributed by atoms with Gasteiger partial charge in [0.2, 0.25) is 0 Å². The van der Waals surface area contributed by atoms with Gasteiger partial charge >= 0.3 is 11.9 Å². The number of hydrogen-bond acceptors (Lipinski definition) is 3. The van der Waals surface area contributed by atoms with E-state index in [0.717, 1.165) is 16.8 Å². The molecule has 3 rings (SSSR count). The van der Waals surface area contributed by atoms with Gasteiger partial charge in [0, 0.05) is 0 Å². The Morgan fingerprint density at radius 2 is 1.41 bits per heavy atom. The highest BCUT2D eigenvalue weighted by Crippen LogP contribution is 2.48. The Morgan fingerprint density at radius 1 is 0.909 bits per heavy atom. The highest BCUT2D eigenvalue weighted by Gasteiger charge is 2.37. The lowest BCUT2D eigenvalue weighted by Gasteiger charge is -2.28. The van der Waals surface area contributed by atoms with Crippen molar-refractivity contribution in [3.8, 4) is 0 Å². The van der Waals surface area contributed by atoms with Crippen LogP contribution in [0.25, 0.3) is 0 Å². The zero-order valence-electron chi connectivity index (χ0n) is 12.4. The molecule has 2 aromatic carbocycles. The van der Waals surface area contributed by atoms with Crippen molar-refractivity contribution in [2.24, 2.45) is 0 Å². The van der Waals surface area contributed by atoms with Gasteiger partial charge in [0.15, 0.2) is 0 Å². The van der Waals surface area contributed by atoms with Crippen molar-refractivity contribution in [1.82, 2.24) is 0 Å². The van der Waals surface area contributed by atoms with Crippen LogP contribution in [0, 0.1) is 0 Å². The molecule has 0 saturated carbocycles. The number of esters is 2. The van der Waals surface area contributed by atoms with Crippen LogP contribution >= 0.6 is 6.89 Å². The summed E-state index contributed by atoms with van der Waals surface area (Å²) in [5.41, 5.74) is 0. The number of carbonyl (C=O) groups excluding carboxylic acids is 2. The molecule has 1 fully saturated rings. The monoisotopic (exact) mass is 312 g/mol. The molecule has 0 amide bonds. The van der Waals surface area contributed by atoms with E-state index in [4.69, 9.17) is 4.74 Å². The quantitative estimate of drug-likeness (QED) is 0.496. The summed E-state index contributed by atoms with van der Waals surface area (Å²) >= 11 is 0. The Labute approximate surface area is 129 Å². The van der Waals surface area contributed by atoms with E-state index in [9.17, 15) is 9.59 Å². The number of carbonyl (C=O) groups is 2. The second-order valence-corrected chi connectivity index (χ2v) is 9.01. The summed E-state index contributed by atoms with van der Waals surface area (Å²) in [6.07, 6.45) is 0.892. The van der Waals surface area contributed by atoms with E-state index < -0.39 is 18.8 Å². The smallest absolute Gasteiger partial charge is 0.343 e. The highest BCUT2D eigenvalue weighted by molar-refractivity contribution is 7.90. The SMILES string of the molecule is CCP(=C1CC(=O)OC1=O)(c1ccccc1)c1ccccc1. The molecule has 112 valence electrons. The van der Waals surface area contributed by atoms with Crippen LogP contribution < -0.4 is 10.6 Å². The molecule has 0 N–H and O–H groups in total. The van der Waals surface area contributed by atoms with Crippen LogP contribution in [0.5, 0.6) is 0 Å². The third-order valence-corrected chi connectivity index (χ3v) is 8.65. The second-order valence-electron chi connectivity index (χ2n) is 5.18. The van der Waals surface area contributed by atoms with Gasteiger partial charge < -0.3 is 4.74 Å². The minimum Gasteiger partial charge on any atom is -0.389 e. The predicted molar refractivity (Wildman–Crippen MR) is 90.3 cm³/mol. The number of hydrogen-bond donors (Lipinski definition) is 0. The van der Waals surface area contributed by atoms with Crippen LogP contribution in [0.2, 0.25) is 0 Å². The molecule has 4 heteroatoms. The molecule has 1 heterocycles. The molecule has 0 aliphatic carbocycles. The van der Waals surface area contributed by atoms with Gasteiger partial charge in [0.25, 0.3) is 0 Å². The van der Waals surface area contributed by atoms with Crippen molar-refractivity contribution in [2.75, 3.05) is 6.16 Å². The van der Waals surface area contributed by atoms with Gasteiger partial charge in [-0.05, 0) is 23.7 Å². The zero-order valence-corrected chi connectivity index (χ0v) is 13.3. The van der Waals surface area contributed by atoms with E-state index in [-0.39, 0.29) is 6.42 Å². The fourth-order valence-electron chi connectivity index (χ4n) is 3.08. The van der Waals surface area contributed by atoms with Gasteiger partial charge in [-0.3, -0.25) is 4.79 Å². The lowest BCUT2D eigenvalue weighted by Crippen LogP contribution is -2.26. The number of ether oxygens (including phenoxy) is 1. The summed E-state index contributed by atoms with van der Waals surface area (Å²) in [4.78, 5) is 23.9. The van der Waals surface area contributed by atoms with Crippen LogP contribution in [0.1, 0.15) is 13.3 Å². The molecule has 2 aromatic rings. The van der Waals surface area contributed by atoms with Gasteiger partial charge in [-0.15, -0.1) is 0 Å². The third-order valence-electron chi connectivity index (χ3n) is 4.08. The molecule has 1 aliphatic rings. The first-order valence-electron chi connectivity index (χ1n) is 7.29.